The van der Waals surface area contributed by atoms with Crippen molar-refractivity contribution in [1.82, 2.24) is 8.43 Å². The van der Waals surface area contributed by atoms with Crippen LogP contribution in [-0.4, -0.2) is 31.1 Å². The van der Waals surface area contributed by atoms with Crippen LogP contribution in [0.3, 0.4) is 0 Å². The van der Waals surface area contributed by atoms with Crippen molar-refractivity contribution in [3.8, 4) is 0 Å². The Morgan fingerprint density at radius 1 is 1.40 bits per heavy atom. The van der Waals surface area contributed by atoms with Gasteiger partial charge in [-0.15, -0.1) is 0 Å². The van der Waals surface area contributed by atoms with E-state index >= 15 is 0 Å². The molecule has 0 aromatic carbocycles. The van der Waals surface area contributed by atoms with Crippen LogP contribution in [0.25, 0.3) is 0 Å². The van der Waals surface area contributed by atoms with E-state index in [2.05, 4.69) is 45.4 Å². The van der Waals surface area contributed by atoms with Crippen LogP contribution in [0.5, 0.6) is 0 Å². The van der Waals surface area contributed by atoms with Crippen molar-refractivity contribution < 1.29 is 0 Å². The molecule has 0 radical (unpaired) electrons. The molecule has 1 N–H and O–H groups in total. The molecule has 0 bridgehead atoms. The van der Waals surface area contributed by atoms with E-state index in [1.54, 1.807) is 0 Å². The van der Waals surface area contributed by atoms with Crippen molar-refractivity contribution in [2.75, 3.05) is 14.1 Å². The maximum absolute atomic E-state index is 3.32. The van der Waals surface area contributed by atoms with E-state index < -0.39 is 0 Å². The van der Waals surface area contributed by atoms with Crippen molar-refractivity contribution in [2.45, 2.75) is 31.3 Å². The second-order valence-electron chi connectivity index (χ2n) is 3.18. The molecule has 1 aliphatic carbocycles. The van der Waals surface area contributed by atoms with Gasteiger partial charge in [-0.1, -0.05) is 6.42 Å². The van der Waals surface area contributed by atoms with Gasteiger partial charge in [0, 0.05) is 34.9 Å². The third-order valence-electron chi connectivity index (χ3n) is 2.28. The van der Waals surface area contributed by atoms with Crippen LogP contribution < -0.4 is 3.53 Å². The Morgan fingerprint density at radius 2 is 2.10 bits per heavy atom. The van der Waals surface area contributed by atoms with Gasteiger partial charge in [0.25, 0.3) is 0 Å². The van der Waals surface area contributed by atoms with Gasteiger partial charge in [-0.3, -0.25) is 3.53 Å². The first kappa shape index (κ1) is 8.74. The summed E-state index contributed by atoms with van der Waals surface area (Å²) in [6, 6.07) is 1.48. The van der Waals surface area contributed by atoms with E-state index in [0.29, 0.717) is 0 Å². The normalized spacial score (nSPS) is 33.6. The third-order valence-corrected chi connectivity index (χ3v) is 3.08. The molecule has 0 amide bonds. The van der Waals surface area contributed by atoms with Gasteiger partial charge >= 0.3 is 0 Å². The first-order valence-corrected chi connectivity index (χ1v) is 4.86. The summed E-state index contributed by atoms with van der Waals surface area (Å²) in [6.07, 6.45) is 4.07. The minimum absolute atomic E-state index is 0.718. The predicted octanol–water partition coefficient (Wildman–Crippen LogP) is 1.41. The molecule has 1 saturated carbocycles. The largest absolute Gasteiger partial charge is 0.305 e. The Kier molecular flexibility index (Phi) is 3.39. The minimum atomic E-state index is 0.718. The van der Waals surface area contributed by atoms with Gasteiger partial charge in [-0.05, 0) is 26.9 Å². The van der Waals surface area contributed by atoms with Crippen LogP contribution in [0, 0.1) is 0 Å². The summed E-state index contributed by atoms with van der Waals surface area (Å²) in [6.45, 7) is 0. The zero-order valence-electron chi connectivity index (χ0n) is 6.60. The van der Waals surface area contributed by atoms with Crippen LogP contribution in [0.2, 0.25) is 0 Å². The molecule has 0 saturated heterocycles. The van der Waals surface area contributed by atoms with Gasteiger partial charge in [0.05, 0.1) is 0 Å². The van der Waals surface area contributed by atoms with Gasteiger partial charge in [0.1, 0.15) is 0 Å². The maximum atomic E-state index is 3.32. The molecule has 1 aliphatic rings. The number of nitrogens with zero attached hydrogens (tertiary/aromatic N) is 1. The Balaban J connectivity index is 2.42. The number of likely N-dealkylation sites (N-methyl/N-ethyl adjacent to an activating group) is 1. The van der Waals surface area contributed by atoms with Crippen LogP contribution in [0.4, 0.5) is 0 Å². The van der Waals surface area contributed by atoms with E-state index in [0.717, 1.165) is 12.1 Å². The van der Waals surface area contributed by atoms with Crippen LogP contribution in [-0.2, 0) is 0 Å². The first-order valence-electron chi connectivity index (χ1n) is 3.78. The molecule has 10 heavy (non-hydrogen) atoms. The zero-order chi connectivity index (χ0) is 7.56. The fraction of sp³-hybridized carbons (Fsp3) is 1.00. The van der Waals surface area contributed by atoms with E-state index in [1.165, 1.54) is 19.3 Å². The summed E-state index contributed by atoms with van der Waals surface area (Å²) in [5.74, 6) is 0. The van der Waals surface area contributed by atoms with Crippen molar-refractivity contribution in [1.29, 1.82) is 0 Å². The second-order valence-corrected chi connectivity index (χ2v) is 3.80. The van der Waals surface area contributed by atoms with Gasteiger partial charge in [0.2, 0.25) is 0 Å². The fourth-order valence-corrected chi connectivity index (χ4v) is 2.41. The third kappa shape index (κ3) is 1.83. The molecule has 0 heterocycles. The summed E-state index contributed by atoms with van der Waals surface area (Å²) in [5, 5.41) is 0. The number of hydrogen-bond donors (Lipinski definition) is 1. The van der Waals surface area contributed by atoms with Gasteiger partial charge in [-0.25, -0.2) is 0 Å². The molecule has 0 aromatic rings. The molecule has 0 aromatic heterocycles. The predicted molar refractivity (Wildman–Crippen MR) is 52.3 cm³/mol. The van der Waals surface area contributed by atoms with Crippen molar-refractivity contribution in [3.63, 3.8) is 0 Å². The lowest BCUT2D eigenvalue weighted by atomic mass is 10.2. The number of nitrogens with one attached hydrogen (secondary N) is 1. The van der Waals surface area contributed by atoms with E-state index in [9.17, 15) is 0 Å². The molecule has 60 valence electrons. The Morgan fingerprint density at radius 3 is 2.50 bits per heavy atom. The topological polar surface area (TPSA) is 15.3 Å². The van der Waals surface area contributed by atoms with Gasteiger partial charge < -0.3 is 4.90 Å². The quantitative estimate of drug-likeness (QED) is 0.592. The Labute approximate surface area is 76.9 Å². The van der Waals surface area contributed by atoms with Gasteiger partial charge in [-0.2, -0.15) is 0 Å². The molecule has 1 rings (SSSR count). The molecule has 3 heteroatoms. The van der Waals surface area contributed by atoms with E-state index in [-0.39, 0.29) is 0 Å². The summed E-state index contributed by atoms with van der Waals surface area (Å²) in [7, 11) is 4.33. The van der Waals surface area contributed by atoms with Gasteiger partial charge in [0.15, 0.2) is 0 Å². The number of halogens is 1. The second kappa shape index (κ2) is 3.88. The Bertz CT molecular complexity index is 106. The molecular weight excluding hydrogens is 239 g/mol. The minimum Gasteiger partial charge on any atom is -0.305 e. The smallest absolute Gasteiger partial charge is 0.0319 e. The first-order chi connectivity index (χ1) is 4.75. The van der Waals surface area contributed by atoms with Crippen LogP contribution >= 0.6 is 22.9 Å². The number of rotatable bonds is 2. The molecule has 1 fully saturated rings. The molecule has 2 unspecified atom stereocenters. The lowest BCUT2D eigenvalue weighted by Crippen LogP contribution is -2.39. The zero-order valence-corrected chi connectivity index (χ0v) is 8.76. The maximum Gasteiger partial charge on any atom is 0.0319 e. The van der Waals surface area contributed by atoms with Crippen LogP contribution in [0.1, 0.15) is 19.3 Å². The average Bonchev–Trinajstić information content (AvgIpc) is 2.33. The highest BCUT2D eigenvalue weighted by molar-refractivity contribution is 14.1. The lowest BCUT2D eigenvalue weighted by molar-refractivity contribution is 0.272. The molecule has 2 nitrogen and oxygen atoms in total. The van der Waals surface area contributed by atoms with E-state index in [4.69, 9.17) is 0 Å². The SMILES string of the molecule is CN(C)C1CCCC1NI. The van der Waals surface area contributed by atoms with Crippen molar-refractivity contribution >= 4 is 22.9 Å². The molecule has 0 spiro atoms. The average molecular weight is 254 g/mol. The Hall–Kier alpha value is 0.650. The highest BCUT2D eigenvalue weighted by Crippen LogP contribution is 2.22. The van der Waals surface area contributed by atoms with Crippen LogP contribution in [0.15, 0.2) is 0 Å². The summed E-state index contributed by atoms with van der Waals surface area (Å²) in [5.41, 5.74) is 0. The standard InChI is InChI=1S/C7H15IN2/c1-10(2)7-5-3-4-6(7)9-8/h6-7,9H,3-5H2,1-2H3. The summed E-state index contributed by atoms with van der Waals surface area (Å²) >= 11 is 2.26. The monoisotopic (exact) mass is 254 g/mol. The highest BCUT2D eigenvalue weighted by atomic mass is 127. The summed E-state index contributed by atoms with van der Waals surface area (Å²) < 4.78 is 3.32. The fourth-order valence-electron chi connectivity index (χ4n) is 1.69. The highest BCUT2D eigenvalue weighted by Gasteiger charge is 2.27. The van der Waals surface area contributed by atoms with Crippen molar-refractivity contribution in [2.24, 2.45) is 0 Å². The lowest BCUT2D eigenvalue weighted by Gasteiger charge is -2.24. The van der Waals surface area contributed by atoms with E-state index in [1.807, 2.05) is 0 Å². The number of hydrogen-bond acceptors (Lipinski definition) is 2. The molecule has 0 aliphatic heterocycles. The van der Waals surface area contributed by atoms with Crippen molar-refractivity contribution in [3.05, 3.63) is 0 Å². The summed E-state index contributed by atoms with van der Waals surface area (Å²) in [4.78, 5) is 2.32. The molecular formula is C7H15IN2. The molecule has 2 atom stereocenters.